The molecular formula is C27H48O2. The van der Waals surface area contributed by atoms with E-state index in [1.807, 2.05) is 0 Å². The molecule has 0 heterocycles. The van der Waals surface area contributed by atoms with Gasteiger partial charge in [-0.25, -0.2) is 0 Å². The summed E-state index contributed by atoms with van der Waals surface area (Å²) in [5.74, 6) is 5.46. The monoisotopic (exact) mass is 404 g/mol. The molecule has 0 radical (unpaired) electrons. The summed E-state index contributed by atoms with van der Waals surface area (Å²) in [4.78, 5) is 0. The van der Waals surface area contributed by atoms with Crippen molar-refractivity contribution >= 4 is 0 Å². The summed E-state index contributed by atoms with van der Waals surface area (Å²) in [5, 5.41) is 21.6. The quantitative estimate of drug-likeness (QED) is 0.553. The molecule has 4 saturated carbocycles. The van der Waals surface area contributed by atoms with Gasteiger partial charge < -0.3 is 10.2 Å². The molecule has 168 valence electrons. The van der Waals surface area contributed by atoms with Crippen LogP contribution in [-0.2, 0) is 0 Å². The number of hydrogen-bond acceptors (Lipinski definition) is 2. The number of aliphatic hydroxyl groups excluding tert-OH is 2. The lowest BCUT2D eigenvalue weighted by Crippen LogP contribution is -2.60. The second-order valence-electron chi connectivity index (χ2n) is 12.6. The SMILES string of the molecule is CC(C)CCC[C@@H](C)[C@H]1CC[C@H]2[C@@H]3CC[C@H]4CC[C@@H](O)[C@H](O)[C@]4(C)[C@H]3CC[C@]12C. The predicted molar refractivity (Wildman–Crippen MR) is 120 cm³/mol. The third-order valence-electron chi connectivity index (χ3n) is 11.0. The van der Waals surface area contributed by atoms with Crippen LogP contribution in [0.3, 0.4) is 0 Å². The Hall–Kier alpha value is -0.0800. The first kappa shape index (κ1) is 22.1. The highest BCUT2D eigenvalue weighted by Crippen LogP contribution is 2.68. The summed E-state index contributed by atoms with van der Waals surface area (Å²) in [5.41, 5.74) is 0.461. The maximum Gasteiger partial charge on any atom is 0.0857 e. The fraction of sp³-hybridized carbons (Fsp3) is 1.00. The van der Waals surface area contributed by atoms with Gasteiger partial charge in [-0.2, -0.15) is 0 Å². The van der Waals surface area contributed by atoms with Crippen LogP contribution in [-0.4, -0.2) is 22.4 Å². The van der Waals surface area contributed by atoms with Crippen molar-refractivity contribution in [2.45, 2.75) is 117 Å². The second kappa shape index (κ2) is 8.12. The molecule has 0 bridgehead atoms. The Morgan fingerprint density at radius 1 is 0.828 bits per heavy atom. The average Bonchev–Trinajstić information content (AvgIpc) is 3.02. The zero-order valence-electron chi connectivity index (χ0n) is 19.9. The third kappa shape index (κ3) is 3.53. The smallest absolute Gasteiger partial charge is 0.0857 e. The van der Waals surface area contributed by atoms with Crippen molar-refractivity contribution in [2.75, 3.05) is 0 Å². The van der Waals surface area contributed by atoms with Crippen molar-refractivity contribution in [3.8, 4) is 0 Å². The molecule has 0 aromatic carbocycles. The summed E-state index contributed by atoms with van der Waals surface area (Å²) >= 11 is 0. The third-order valence-corrected chi connectivity index (χ3v) is 11.0. The Bertz CT molecular complexity index is 569. The predicted octanol–water partition coefficient (Wildman–Crippen LogP) is 6.44. The summed E-state index contributed by atoms with van der Waals surface area (Å²) in [6, 6.07) is 0. The van der Waals surface area contributed by atoms with Crippen LogP contribution in [0.2, 0.25) is 0 Å². The van der Waals surface area contributed by atoms with E-state index in [-0.39, 0.29) is 5.41 Å². The first-order valence-electron chi connectivity index (χ1n) is 13.1. The molecule has 2 nitrogen and oxygen atoms in total. The Balaban J connectivity index is 1.50. The first-order chi connectivity index (χ1) is 13.7. The number of hydrogen-bond donors (Lipinski definition) is 2. The Kier molecular flexibility index (Phi) is 6.19. The standard InChI is InChI=1S/C27H48O2/c1-17(2)7-6-8-18(3)21-12-13-22-20-11-9-19-10-14-24(28)25(29)27(19,5)23(20)15-16-26(21,22)4/h17-25,28-29H,6-16H2,1-5H3/t18-,19+,20+,21-,22+,23+,24-,25+,26-,27+/m1/s1. The van der Waals surface area contributed by atoms with Crippen LogP contribution < -0.4 is 0 Å². The molecule has 0 aliphatic heterocycles. The van der Waals surface area contributed by atoms with Crippen LogP contribution in [0.5, 0.6) is 0 Å². The van der Waals surface area contributed by atoms with Crippen molar-refractivity contribution in [3.63, 3.8) is 0 Å². The van der Waals surface area contributed by atoms with Crippen molar-refractivity contribution in [2.24, 2.45) is 52.3 Å². The Morgan fingerprint density at radius 3 is 2.28 bits per heavy atom. The maximum absolute atomic E-state index is 11.1. The summed E-state index contributed by atoms with van der Waals surface area (Å²) < 4.78 is 0. The van der Waals surface area contributed by atoms with E-state index in [0.717, 1.165) is 42.4 Å². The molecule has 0 amide bonds. The van der Waals surface area contributed by atoms with Crippen LogP contribution in [0.15, 0.2) is 0 Å². The summed E-state index contributed by atoms with van der Waals surface area (Å²) in [7, 11) is 0. The van der Waals surface area contributed by atoms with E-state index in [2.05, 4.69) is 34.6 Å². The molecule has 0 aromatic heterocycles. The van der Waals surface area contributed by atoms with E-state index in [4.69, 9.17) is 0 Å². The molecule has 29 heavy (non-hydrogen) atoms. The lowest BCUT2D eigenvalue weighted by molar-refractivity contribution is -0.196. The fourth-order valence-electron chi connectivity index (χ4n) is 9.35. The molecule has 4 fully saturated rings. The van der Waals surface area contributed by atoms with Gasteiger partial charge in [0.05, 0.1) is 12.2 Å². The maximum atomic E-state index is 11.1. The van der Waals surface area contributed by atoms with E-state index >= 15 is 0 Å². The lowest BCUT2D eigenvalue weighted by Gasteiger charge is -2.62. The highest BCUT2D eigenvalue weighted by Gasteiger charge is 2.62. The lowest BCUT2D eigenvalue weighted by atomic mass is 9.43. The van der Waals surface area contributed by atoms with Crippen LogP contribution in [0.4, 0.5) is 0 Å². The van der Waals surface area contributed by atoms with Crippen molar-refractivity contribution in [3.05, 3.63) is 0 Å². The zero-order valence-corrected chi connectivity index (χ0v) is 19.9. The van der Waals surface area contributed by atoms with E-state index < -0.39 is 12.2 Å². The van der Waals surface area contributed by atoms with Gasteiger partial charge in [-0.05, 0) is 98.2 Å². The Labute approximate surface area is 180 Å². The van der Waals surface area contributed by atoms with Crippen molar-refractivity contribution in [1.82, 2.24) is 0 Å². The van der Waals surface area contributed by atoms with Gasteiger partial charge in [-0.3, -0.25) is 0 Å². The molecule has 2 heteroatoms. The van der Waals surface area contributed by atoms with Crippen LogP contribution in [0.1, 0.15) is 105 Å². The van der Waals surface area contributed by atoms with Gasteiger partial charge in [-0.15, -0.1) is 0 Å². The van der Waals surface area contributed by atoms with E-state index in [1.165, 1.54) is 57.8 Å². The molecule has 4 rings (SSSR count). The molecule has 0 saturated heterocycles. The summed E-state index contributed by atoms with van der Waals surface area (Å²) in [6.07, 6.45) is 13.2. The molecule has 0 spiro atoms. The van der Waals surface area contributed by atoms with E-state index in [0.29, 0.717) is 17.3 Å². The molecule has 10 atom stereocenters. The molecule has 4 aliphatic rings. The normalized spacial score (nSPS) is 50.7. The van der Waals surface area contributed by atoms with Gasteiger partial charge >= 0.3 is 0 Å². The van der Waals surface area contributed by atoms with Gasteiger partial charge in [0.25, 0.3) is 0 Å². The minimum Gasteiger partial charge on any atom is -0.390 e. The average molecular weight is 405 g/mol. The zero-order chi connectivity index (χ0) is 21.0. The number of fused-ring (bicyclic) bond motifs is 5. The van der Waals surface area contributed by atoms with Gasteiger partial charge in [0.2, 0.25) is 0 Å². The minimum atomic E-state index is -0.509. The molecule has 4 aliphatic carbocycles. The first-order valence-corrected chi connectivity index (χ1v) is 13.1. The topological polar surface area (TPSA) is 40.5 Å². The van der Waals surface area contributed by atoms with E-state index in [9.17, 15) is 10.2 Å². The number of rotatable bonds is 5. The van der Waals surface area contributed by atoms with Crippen LogP contribution in [0, 0.1) is 52.3 Å². The second-order valence-corrected chi connectivity index (χ2v) is 12.6. The fourth-order valence-corrected chi connectivity index (χ4v) is 9.35. The van der Waals surface area contributed by atoms with Gasteiger partial charge in [0.15, 0.2) is 0 Å². The highest BCUT2D eigenvalue weighted by atomic mass is 16.3. The highest BCUT2D eigenvalue weighted by molar-refractivity contribution is 5.12. The largest absolute Gasteiger partial charge is 0.390 e. The molecular weight excluding hydrogens is 356 g/mol. The minimum absolute atomic E-state index is 0.0527. The molecule has 0 aromatic rings. The summed E-state index contributed by atoms with van der Waals surface area (Å²) in [6.45, 7) is 12.2. The van der Waals surface area contributed by atoms with Gasteiger partial charge in [0.1, 0.15) is 0 Å². The van der Waals surface area contributed by atoms with Gasteiger partial charge in [-0.1, -0.05) is 53.9 Å². The van der Waals surface area contributed by atoms with Crippen molar-refractivity contribution < 1.29 is 10.2 Å². The molecule has 0 unspecified atom stereocenters. The van der Waals surface area contributed by atoms with Crippen LogP contribution in [0.25, 0.3) is 0 Å². The van der Waals surface area contributed by atoms with Gasteiger partial charge in [0, 0.05) is 5.41 Å². The number of aliphatic hydroxyl groups is 2. The Morgan fingerprint density at radius 2 is 1.55 bits per heavy atom. The van der Waals surface area contributed by atoms with Crippen molar-refractivity contribution in [1.29, 1.82) is 0 Å². The van der Waals surface area contributed by atoms with E-state index in [1.54, 1.807) is 0 Å². The molecule has 2 N–H and O–H groups in total. The van der Waals surface area contributed by atoms with Crippen LogP contribution >= 0.6 is 0 Å².